The molecule has 0 aromatic heterocycles. The summed E-state index contributed by atoms with van der Waals surface area (Å²) in [5.41, 5.74) is 3.21. The van der Waals surface area contributed by atoms with Gasteiger partial charge in [0.15, 0.2) is 11.5 Å². The average Bonchev–Trinajstić information content (AvgIpc) is 2.69. The molecule has 0 heterocycles. The molecule has 0 spiro atoms. The summed E-state index contributed by atoms with van der Waals surface area (Å²) in [6, 6.07) is 14.0. The third-order valence-electron chi connectivity index (χ3n) is 4.42. The number of methoxy groups -OCH3 is 1. The molecule has 152 valence electrons. The minimum Gasteiger partial charge on any atom is -0.493 e. The fourth-order valence-corrected chi connectivity index (χ4v) is 3.57. The van der Waals surface area contributed by atoms with Crippen LogP contribution < -0.4 is 14.8 Å². The van der Waals surface area contributed by atoms with Crippen molar-refractivity contribution in [3.63, 3.8) is 0 Å². The van der Waals surface area contributed by atoms with E-state index in [9.17, 15) is 4.39 Å². The molecule has 0 saturated heterocycles. The molecule has 0 saturated carbocycles. The summed E-state index contributed by atoms with van der Waals surface area (Å²) < 4.78 is 26.0. The normalized spacial score (nSPS) is 10.7. The lowest BCUT2D eigenvalue weighted by Crippen LogP contribution is -2.04. The van der Waals surface area contributed by atoms with Crippen molar-refractivity contribution in [2.75, 3.05) is 12.4 Å². The highest BCUT2D eigenvalue weighted by Gasteiger charge is 2.13. The second kappa shape index (κ2) is 9.70. The van der Waals surface area contributed by atoms with Gasteiger partial charge in [-0.15, -0.1) is 0 Å². The Morgan fingerprint density at radius 3 is 2.52 bits per heavy atom. The van der Waals surface area contributed by atoms with Crippen molar-refractivity contribution in [3.8, 4) is 11.5 Å². The van der Waals surface area contributed by atoms with Crippen molar-refractivity contribution in [2.45, 2.75) is 20.1 Å². The lowest BCUT2D eigenvalue weighted by atomic mass is 10.1. The molecule has 3 nitrogen and oxygen atoms in total. The summed E-state index contributed by atoms with van der Waals surface area (Å²) in [7, 11) is 1.56. The van der Waals surface area contributed by atoms with Crippen LogP contribution in [0.2, 0.25) is 10.0 Å². The number of benzene rings is 3. The molecule has 0 aliphatic rings. The number of hydrogen-bond donors (Lipinski definition) is 1. The van der Waals surface area contributed by atoms with E-state index in [1.807, 2.05) is 31.2 Å². The zero-order valence-corrected chi connectivity index (χ0v) is 19.0. The summed E-state index contributed by atoms with van der Waals surface area (Å²) in [6.07, 6.45) is 0. The predicted molar refractivity (Wildman–Crippen MR) is 120 cm³/mol. The number of aryl methyl sites for hydroxylation is 1. The van der Waals surface area contributed by atoms with Gasteiger partial charge in [-0.3, -0.25) is 0 Å². The Balaban J connectivity index is 1.75. The smallest absolute Gasteiger partial charge is 0.162 e. The van der Waals surface area contributed by atoms with Gasteiger partial charge in [0.2, 0.25) is 0 Å². The molecule has 0 unspecified atom stereocenters. The first-order valence-corrected chi connectivity index (χ1v) is 10.4. The van der Waals surface area contributed by atoms with Crippen molar-refractivity contribution in [1.82, 2.24) is 0 Å². The van der Waals surface area contributed by atoms with Crippen LogP contribution in [0.25, 0.3) is 0 Å². The molecule has 29 heavy (non-hydrogen) atoms. The summed E-state index contributed by atoms with van der Waals surface area (Å²) in [4.78, 5) is 0. The summed E-state index contributed by atoms with van der Waals surface area (Å²) in [6.45, 7) is 2.50. The zero-order chi connectivity index (χ0) is 21.0. The van der Waals surface area contributed by atoms with Gasteiger partial charge in [0.05, 0.1) is 12.1 Å². The second-order valence-corrected chi connectivity index (χ2v) is 8.07. The first-order valence-electron chi connectivity index (χ1n) is 8.81. The molecule has 0 atom stereocenters. The maximum absolute atomic E-state index is 14.0. The van der Waals surface area contributed by atoms with Gasteiger partial charge in [-0.05, 0) is 54.4 Å². The molecule has 0 amide bonds. The van der Waals surface area contributed by atoms with Gasteiger partial charge in [0, 0.05) is 27.3 Å². The highest BCUT2D eigenvalue weighted by molar-refractivity contribution is 9.10. The van der Waals surface area contributed by atoms with Crippen LogP contribution in [-0.2, 0) is 13.2 Å². The van der Waals surface area contributed by atoms with Crippen LogP contribution in [0.3, 0.4) is 0 Å². The van der Waals surface area contributed by atoms with Gasteiger partial charge in [-0.2, -0.15) is 0 Å². The molecule has 3 rings (SSSR count). The molecule has 3 aromatic carbocycles. The van der Waals surface area contributed by atoms with Crippen molar-refractivity contribution in [1.29, 1.82) is 0 Å². The predicted octanol–water partition coefficient (Wildman–Crippen LogP) is 7.40. The Hall–Kier alpha value is -1.95. The van der Waals surface area contributed by atoms with E-state index in [0.717, 1.165) is 21.3 Å². The standard InChI is InChI=1S/C22H19BrCl2FNO2/c1-13-6-7-15(9-19(13)25)27-11-14-8-21(28-2)22(10-17(14)23)29-12-16-18(24)4-3-5-20(16)26/h3-10,27H,11-12H2,1-2H3. The van der Waals surface area contributed by atoms with Crippen molar-refractivity contribution >= 4 is 44.8 Å². The first-order chi connectivity index (χ1) is 13.9. The van der Waals surface area contributed by atoms with Crippen LogP contribution in [0.5, 0.6) is 11.5 Å². The third-order valence-corrected chi connectivity index (χ3v) is 5.92. The molecule has 3 aromatic rings. The molecule has 0 fully saturated rings. The zero-order valence-electron chi connectivity index (χ0n) is 15.9. The number of ether oxygens (including phenoxy) is 2. The maximum Gasteiger partial charge on any atom is 0.162 e. The van der Waals surface area contributed by atoms with E-state index < -0.39 is 5.82 Å². The Morgan fingerprint density at radius 1 is 1.03 bits per heavy atom. The quantitative estimate of drug-likeness (QED) is 0.368. The molecular weight excluding hydrogens is 480 g/mol. The van der Waals surface area contributed by atoms with Crippen LogP contribution in [0.1, 0.15) is 16.7 Å². The van der Waals surface area contributed by atoms with Crippen LogP contribution >= 0.6 is 39.1 Å². The topological polar surface area (TPSA) is 30.5 Å². The summed E-state index contributed by atoms with van der Waals surface area (Å²) in [5.74, 6) is 0.619. The Bertz CT molecular complexity index is 1010. The van der Waals surface area contributed by atoms with E-state index in [1.165, 1.54) is 6.07 Å². The van der Waals surface area contributed by atoms with Crippen molar-refractivity contribution in [3.05, 3.63) is 85.6 Å². The molecule has 7 heteroatoms. The third kappa shape index (κ3) is 5.35. The molecule has 0 radical (unpaired) electrons. The number of hydrogen-bond acceptors (Lipinski definition) is 3. The lowest BCUT2D eigenvalue weighted by molar-refractivity contribution is 0.279. The molecule has 1 N–H and O–H groups in total. The van der Waals surface area contributed by atoms with E-state index in [-0.39, 0.29) is 6.61 Å². The number of rotatable bonds is 7. The Morgan fingerprint density at radius 2 is 1.83 bits per heavy atom. The molecular formula is C22H19BrCl2FNO2. The maximum atomic E-state index is 14.0. The van der Waals surface area contributed by atoms with Gasteiger partial charge in [-0.25, -0.2) is 4.39 Å². The minimum absolute atomic E-state index is 0.00618. The van der Waals surface area contributed by atoms with Crippen molar-refractivity contribution in [2.24, 2.45) is 0 Å². The van der Waals surface area contributed by atoms with E-state index >= 15 is 0 Å². The summed E-state index contributed by atoms with van der Waals surface area (Å²) in [5, 5.41) is 4.37. The van der Waals surface area contributed by atoms with E-state index in [0.29, 0.717) is 33.7 Å². The SMILES string of the molecule is COc1cc(CNc2ccc(C)c(Cl)c2)c(Br)cc1OCc1c(F)cccc1Cl. The largest absolute Gasteiger partial charge is 0.493 e. The minimum atomic E-state index is -0.409. The molecule has 0 bridgehead atoms. The fraction of sp³-hybridized carbons (Fsp3) is 0.182. The highest BCUT2D eigenvalue weighted by atomic mass is 79.9. The van der Waals surface area contributed by atoms with Gasteiger partial charge >= 0.3 is 0 Å². The van der Waals surface area contributed by atoms with Gasteiger partial charge in [0.1, 0.15) is 12.4 Å². The molecule has 0 aliphatic carbocycles. The summed E-state index contributed by atoms with van der Waals surface area (Å²) >= 11 is 15.8. The molecule has 0 aliphatic heterocycles. The number of nitrogens with one attached hydrogen (secondary N) is 1. The number of anilines is 1. The van der Waals surface area contributed by atoms with Crippen LogP contribution in [-0.4, -0.2) is 7.11 Å². The second-order valence-electron chi connectivity index (χ2n) is 6.40. The van der Waals surface area contributed by atoms with E-state index in [1.54, 1.807) is 25.3 Å². The Kier molecular flexibility index (Phi) is 7.28. The lowest BCUT2D eigenvalue weighted by Gasteiger charge is -2.16. The van der Waals surface area contributed by atoms with Gasteiger partial charge < -0.3 is 14.8 Å². The fourth-order valence-electron chi connectivity index (χ4n) is 2.71. The van der Waals surface area contributed by atoms with Crippen LogP contribution in [0.4, 0.5) is 10.1 Å². The van der Waals surface area contributed by atoms with E-state index in [4.69, 9.17) is 32.7 Å². The monoisotopic (exact) mass is 497 g/mol. The highest BCUT2D eigenvalue weighted by Crippen LogP contribution is 2.35. The van der Waals surface area contributed by atoms with Crippen LogP contribution in [0.15, 0.2) is 53.0 Å². The average molecular weight is 499 g/mol. The van der Waals surface area contributed by atoms with Crippen molar-refractivity contribution < 1.29 is 13.9 Å². The number of halogens is 4. The van der Waals surface area contributed by atoms with Gasteiger partial charge in [-0.1, -0.05) is 51.3 Å². The first kappa shape index (κ1) is 21.8. The Labute approximate surface area is 187 Å². The van der Waals surface area contributed by atoms with Gasteiger partial charge in [0.25, 0.3) is 0 Å². The van der Waals surface area contributed by atoms with E-state index in [2.05, 4.69) is 21.2 Å². The van der Waals surface area contributed by atoms with Crippen LogP contribution in [0, 0.1) is 12.7 Å².